The van der Waals surface area contributed by atoms with Crippen molar-refractivity contribution in [2.45, 2.75) is 25.7 Å². The molecule has 0 fully saturated rings. The van der Waals surface area contributed by atoms with Crippen molar-refractivity contribution in [2.75, 3.05) is 6.54 Å². The monoisotopic (exact) mass is 287 g/mol. The highest BCUT2D eigenvalue weighted by Crippen LogP contribution is 2.23. The van der Waals surface area contributed by atoms with E-state index in [2.05, 4.69) is 22.1 Å². The first-order valence-corrected chi connectivity index (χ1v) is 6.70. The van der Waals surface area contributed by atoms with Crippen LogP contribution in [0.3, 0.4) is 0 Å². The summed E-state index contributed by atoms with van der Waals surface area (Å²) in [7, 11) is 0. The molecule has 0 unspecified atom stereocenters. The van der Waals surface area contributed by atoms with Gasteiger partial charge in [-0.1, -0.05) is 12.2 Å². The SMILES string of the molecule is O=C(O)CN1C(=O)c2nc3c(nc2C1=O)CC/C=C\CC3. The van der Waals surface area contributed by atoms with Gasteiger partial charge in [0.25, 0.3) is 11.8 Å². The van der Waals surface area contributed by atoms with Crippen molar-refractivity contribution in [2.24, 2.45) is 0 Å². The minimum Gasteiger partial charge on any atom is -0.480 e. The maximum atomic E-state index is 12.1. The zero-order chi connectivity index (χ0) is 15.0. The van der Waals surface area contributed by atoms with Crippen molar-refractivity contribution in [1.82, 2.24) is 14.9 Å². The summed E-state index contributed by atoms with van der Waals surface area (Å²) in [5.41, 5.74) is 1.39. The number of allylic oxidation sites excluding steroid dienone is 2. The number of aromatic nitrogens is 2. The lowest BCUT2D eigenvalue weighted by Crippen LogP contribution is -2.34. The number of hydrogen-bond donors (Lipinski definition) is 1. The summed E-state index contributed by atoms with van der Waals surface area (Å²) in [6, 6.07) is 0. The molecule has 7 heteroatoms. The maximum absolute atomic E-state index is 12.1. The van der Waals surface area contributed by atoms with E-state index in [-0.39, 0.29) is 11.4 Å². The highest BCUT2D eigenvalue weighted by molar-refractivity contribution is 6.20. The molecule has 1 aromatic rings. The van der Waals surface area contributed by atoms with E-state index < -0.39 is 24.3 Å². The van der Waals surface area contributed by atoms with Crippen molar-refractivity contribution < 1.29 is 19.5 Å². The minimum atomic E-state index is -1.24. The maximum Gasteiger partial charge on any atom is 0.323 e. The van der Waals surface area contributed by atoms with Crippen LogP contribution >= 0.6 is 0 Å². The van der Waals surface area contributed by atoms with Crippen LogP contribution in [0.4, 0.5) is 0 Å². The van der Waals surface area contributed by atoms with Crippen LogP contribution in [0.15, 0.2) is 12.2 Å². The first-order chi connectivity index (χ1) is 10.1. The van der Waals surface area contributed by atoms with E-state index in [1.165, 1.54) is 0 Å². The molecule has 2 aliphatic rings. The highest BCUT2D eigenvalue weighted by Gasteiger charge is 2.40. The van der Waals surface area contributed by atoms with E-state index in [0.717, 1.165) is 24.2 Å². The molecule has 1 aliphatic heterocycles. The van der Waals surface area contributed by atoms with Crippen molar-refractivity contribution >= 4 is 17.8 Å². The third-order valence-electron chi connectivity index (χ3n) is 3.50. The number of hydrogen-bond acceptors (Lipinski definition) is 5. The molecule has 0 bridgehead atoms. The van der Waals surface area contributed by atoms with Gasteiger partial charge in [0.1, 0.15) is 6.54 Å². The summed E-state index contributed by atoms with van der Waals surface area (Å²) in [6.45, 7) is -0.665. The Labute approximate surface area is 120 Å². The van der Waals surface area contributed by atoms with Crippen LogP contribution in [0.2, 0.25) is 0 Å². The van der Waals surface area contributed by atoms with Crippen molar-refractivity contribution in [3.05, 3.63) is 34.9 Å². The fourth-order valence-corrected chi connectivity index (χ4v) is 2.51. The van der Waals surface area contributed by atoms with Gasteiger partial charge in [-0.3, -0.25) is 19.3 Å². The number of rotatable bonds is 2. The second kappa shape index (κ2) is 5.08. The summed E-state index contributed by atoms with van der Waals surface area (Å²) in [6.07, 6.45) is 7.05. The van der Waals surface area contributed by atoms with Gasteiger partial charge in [0.15, 0.2) is 11.4 Å². The normalized spacial score (nSPS) is 18.8. The van der Waals surface area contributed by atoms with Gasteiger partial charge < -0.3 is 5.11 Å². The molecule has 2 heterocycles. The Kier molecular flexibility index (Phi) is 3.25. The zero-order valence-corrected chi connectivity index (χ0v) is 11.2. The molecule has 3 rings (SSSR count). The van der Waals surface area contributed by atoms with Crippen LogP contribution in [0.25, 0.3) is 0 Å². The van der Waals surface area contributed by atoms with Crippen LogP contribution < -0.4 is 0 Å². The van der Waals surface area contributed by atoms with Gasteiger partial charge in [-0.15, -0.1) is 0 Å². The number of nitrogens with zero attached hydrogens (tertiary/aromatic N) is 3. The second-order valence-corrected chi connectivity index (χ2v) is 4.95. The van der Waals surface area contributed by atoms with Gasteiger partial charge in [0.05, 0.1) is 11.4 Å². The number of aliphatic carboxylic acids is 1. The topological polar surface area (TPSA) is 100 Å². The lowest BCUT2D eigenvalue weighted by molar-refractivity contribution is -0.137. The van der Waals surface area contributed by atoms with E-state index in [1.807, 2.05) is 0 Å². The molecule has 0 saturated heterocycles. The predicted octanol–water partition coefficient (Wildman–Crippen LogP) is 0.592. The van der Waals surface area contributed by atoms with Gasteiger partial charge >= 0.3 is 5.97 Å². The number of carbonyl (C=O) groups excluding carboxylic acids is 2. The predicted molar refractivity (Wildman–Crippen MR) is 70.8 cm³/mol. The first-order valence-electron chi connectivity index (χ1n) is 6.70. The van der Waals surface area contributed by atoms with E-state index in [9.17, 15) is 14.4 Å². The number of carboxylic acids is 1. The molecule has 0 saturated carbocycles. The third kappa shape index (κ3) is 2.31. The molecular weight excluding hydrogens is 274 g/mol. The van der Waals surface area contributed by atoms with Crippen LogP contribution in [0.1, 0.15) is 45.2 Å². The largest absolute Gasteiger partial charge is 0.480 e. The van der Waals surface area contributed by atoms with Crippen molar-refractivity contribution in [1.29, 1.82) is 0 Å². The molecule has 0 atom stereocenters. The highest BCUT2D eigenvalue weighted by atomic mass is 16.4. The van der Waals surface area contributed by atoms with E-state index in [0.29, 0.717) is 17.7 Å². The molecule has 0 radical (unpaired) electrons. The van der Waals surface area contributed by atoms with Gasteiger partial charge in [-0.2, -0.15) is 0 Å². The number of amides is 2. The van der Waals surface area contributed by atoms with Gasteiger partial charge in [-0.25, -0.2) is 9.97 Å². The summed E-state index contributed by atoms with van der Waals surface area (Å²) in [5, 5.41) is 8.78. The first kappa shape index (κ1) is 13.4. The van der Waals surface area contributed by atoms with Crippen molar-refractivity contribution in [3.63, 3.8) is 0 Å². The molecule has 0 spiro atoms. The molecule has 108 valence electrons. The molecule has 7 nitrogen and oxygen atoms in total. The van der Waals surface area contributed by atoms with Gasteiger partial charge in [0, 0.05) is 0 Å². The Bertz CT molecular complexity index is 632. The van der Waals surface area contributed by atoms with Gasteiger partial charge in [0.2, 0.25) is 0 Å². The average Bonchev–Trinajstić information content (AvgIpc) is 2.63. The molecule has 21 heavy (non-hydrogen) atoms. The summed E-state index contributed by atoms with van der Waals surface area (Å²) < 4.78 is 0. The molecule has 0 aromatic carbocycles. The van der Waals surface area contributed by atoms with E-state index in [1.54, 1.807) is 0 Å². The Morgan fingerprint density at radius 1 is 1.05 bits per heavy atom. The average molecular weight is 287 g/mol. The Morgan fingerprint density at radius 2 is 1.52 bits per heavy atom. The van der Waals surface area contributed by atoms with Crippen LogP contribution in [-0.2, 0) is 17.6 Å². The standard InChI is InChI=1S/C14H13N3O4/c18-10(19)7-17-13(20)11-12(14(17)21)16-9-6-4-2-1-3-5-8(9)15-11/h1-2H,3-7H2,(H,18,19)/b2-1-. The smallest absolute Gasteiger partial charge is 0.323 e. The number of imide groups is 1. The quantitative estimate of drug-likeness (QED) is 0.631. The molecule has 1 aromatic heterocycles. The summed E-state index contributed by atoms with van der Waals surface area (Å²) in [5.74, 6) is -2.59. The Balaban J connectivity index is 2.02. The van der Waals surface area contributed by atoms with Crippen molar-refractivity contribution in [3.8, 4) is 0 Å². The third-order valence-corrected chi connectivity index (χ3v) is 3.50. The number of fused-ring (bicyclic) bond motifs is 2. The summed E-state index contributed by atoms with van der Waals surface area (Å²) in [4.78, 5) is 44.2. The fourth-order valence-electron chi connectivity index (χ4n) is 2.51. The fraction of sp³-hybridized carbons (Fsp3) is 0.357. The number of carbonyl (C=O) groups is 3. The van der Waals surface area contributed by atoms with Crippen LogP contribution in [-0.4, -0.2) is 44.3 Å². The minimum absolute atomic E-state index is 0.0236. The lowest BCUT2D eigenvalue weighted by atomic mass is 10.1. The van der Waals surface area contributed by atoms with E-state index in [4.69, 9.17) is 5.11 Å². The van der Waals surface area contributed by atoms with Gasteiger partial charge in [-0.05, 0) is 25.7 Å². The Hall–Kier alpha value is -2.57. The molecule has 1 aliphatic carbocycles. The molecule has 2 amide bonds. The molecule has 1 N–H and O–H groups in total. The number of aryl methyl sites for hydroxylation is 2. The lowest BCUT2D eigenvalue weighted by Gasteiger charge is -2.09. The summed E-state index contributed by atoms with van der Waals surface area (Å²) >= 11 is 0. The number of carboxylic acid groups (broad SMARTS) is 1. The second-order valence-electron chi connectivity index (χ2n) is 4.95. The van der Waals surface area contributed by atoms with Crippen LogP contribution in [0, 0.1) is 0 Å². The van der Waals surface area contributed by atoms with E-state index >= 15 is 0 Å². The Morgan fingerprint density at radius 3 is 1.95 bits per heavy atom. The molecular formula is C14H13N3O4. The van der Waals surface area contributed by atoms with Crippen LogP contribution in [0.5, 0.6) is 0 Å². The zero-order valence-electron chi connectivity index (χ0n) is 11.2.